The maximum absolute atomic E-state index is 13.0. The van der Waals surface area contributed by atoms with Gasteiger partial charge in [0.2, 0.25) is 0 Å². The smallest absolute Gasteiger partial charge is 0.295 e. The normalized spacial score (nSPS) is 16.3. The molecule has 3 aromatic rings. The van der Waals surface area contributed by atoms with Crippen LogP contribution in [0.2, 0.25) is 5.02 Å². The molecule has 1 unspecified atom stereocenters. The number of carbonyl (C=O) groups excluding carboxylic acids is 1. The Bertz CT molecular complexity index is 968. The van der Waals surface area contributed by atoms with E-state index in [1.54, 1.807) is 23.1 Å². The average Bonchev–Trinajstić information content (AvgIpc) is 3.27. The van der Waals surface area contributed by atoms with Gasteiger partial charge >= 0.3 is 0 Å². The van der Waals surface area contributed by atoms with Crippen molar-refractivity contribution in [2.45, 2.75) is 46.3 Å². The molecule has 0 aliphatic carbocycles. The van der Waals surface area contributed by atoms with Crippen molar-refractivity contribution >= 4 is 28.5 Å². The highest BCUT2D eigenvalue weighted by Gasteiger charge is 2.32. The molecule has 1 amide bonds. The molecule has 1 aliphatic heterocycles. The van der Waals surface area contributed by atoms with Crippen LogP contribution in [0.15, 0.2) is 24.4 Å². The number of aromatic amines is 1. The minimum absolute atomic E-state index is 0.178. The van der Waals surface area contributed by atoms with Gasteiger partial charge in [-0.25, -0.2) is 18.7 Å². The Kier molecular flexibility index (Phi) is 5.46. The molecule has 2 aromatic heterocycles. The molecule has 0 saturated carbocycles. The summed E-state index contributed by atoms with van der Waals surface area (Å²) in [6.07, 6.45) is -1.25. The highest BCUT2D eigenvalue weighted by atomic mass is 35.5. The van der Waals surface area contributed by atoms with Gasteiger partial charge in [0.05, 0.1) is 29.0 Å². The number of carbonyl (C=O) groups is 1. The van der Waals surface area contributed by atoms with Gasteiger partial charge in [-0.2, -0.15) is 0 Å². The van der Waals surface area contributed by atoms with Crippen LogP contribution in [0.4, 0.5) is 8.78 Å². The van der Waals surface area contributed by atoms with E-state index in [-0.39, 0.29) is 36.7 Å². The molecule has 1 atom stereocenters. The van der Waals surface area contributed by atoms with E-state index < -0.39 is 6.43 Å². The van der Waals surface area contributed by atoms with Gasteiger partial charge in [0, 0.05) is 12.6 Å². The number of para-hydroxylation sites is 1. The first-order valence-corrected chi connectivity index (χ1v) is 9.11. The molecule has 3 heterocycles. The first kappa shape index (κ1) is 19.3. The highest BCUT2D eigenvalue weighted by Crippen LogP contribution is 2.27. The van der Waals surface area contributed by atoms with E-state index in [0.29, 0.717) is 21.7 Å². The molecular weight excluding hydrogens is 376 g/mol. The van der Waals surface area contributed by atoms with Crippen molar-refractivity contribution in [3.05, 3.63) is 46.8 Å². The molecule has 1 aromatic carbocycles. The number of benzene rings is 1. The molecule has 27 heavy (non-hydrogen) atoms. The number of fused-ring (bicyclic) bond motifs is 2. The number of halogens is 3. The lowest BCUT2D eigenvalue weighted by molar-refractivity contribution is 0.0590. The molecule has 1 aliphatic rings. The van der Waals surface area contributed by atoms with Crippen LogP contribution in [0, 0.1) is 0 Å². The summed E-state index contributed by atoms with van der Waals surface area (Å²) in [6, 6.07) is 4.99. The van der Waals surface area contributed by atoms with Crippen LogP contribution < -0.4 is 0 Å². The number of aromatic nitrogens is 4. The number of H-pyrrole nitrogens is 1. The van der Waals surface area contributed by atoms with E-state index in [0.717, 1.165) is 0 Å². The monoisotopic (exact) mass is 395 g/mol. The van der Waals surface area contributed by atoms with Gasteiger partial charge in [-0.1, -0.05) is 31.5 Å². The van der Waals surface area contributed by atoms with Gasteiger partial charge in [-0.3, -0.25) is 4.79 Å². The van der Waals surface area contributed by atoms with Crippen LogP contribution in [-0.2, 0) is 13.1 Å². The molecule has 144 valence electrons. The molecule has 9 heteroatoms. The number of rotatable bonds is 2. The number of alkyl halides is 2. The Labute approximate surface area is 160 Å². The average molecular weight is 396 g/mol. The fraction of sp³-hybridized carbons (Fsp3) is 0.389. The topological polar surface area (TPSA) is 66.8 Å². The third-order valence-electron chi connectivity index (χ3n) is 4.40. The van der Waals surface area contributed by atoms with Gasteiger partial charge in [-0.15, -0.1) is 0 Å². The van der Waals surface area contributed by atoms with Crippen molar-refractivity contribution in [2.24, 2.45) is 0 Å². The lowest BCUT2D eigenvalue weighted by atomic mass is 10.2. The van der Waals surface area contributed by atoms with Crippen molar-refractivity contribution in [3.63, 3.8) is 0 Å². The zero-order chi connectivity index (χ0) is 19.7. The Balaban J connectivity index is 0.00000102. The Morgan fingerprint density at radius 3 is 2.78 bits per heavy atom. The van der Waals surface area contributed by atoms with Gasteiger partial charge in [-0.05, 0) is 19.1 Å². The van der Waals surface area contributed by atoms with Crippen LogP contribution in [-0.4, -0.2) is 36.4 Å². The number of nitrogens with one attached hydrogen (secondary N) is 1. The maximum atomic E-state index is 13.0. The molecule has 0 fully saturated rings. The number of hydrogen-bond acceptors (Lipinski definition) is 3. The predicted molar refractivity (Wildman–Crippen MR) is 99.0 cm³/mol. The fourth-order valence-electron chi connectivity index (χ4n) is 3.14. The quantitative estimate of drug-likeness (QED) is 0.698. The molecule has 0 saturated heterocycles. The van der Waals surface area contributed by atoms with Gasteiger partial charge < -0.3 is 14.5 Å². The van der Waals surface area contributed by atoms with E-state index in [9.17, 15) is 13.6 Å². The number of imidazole rings is 2. The van der Waals surface area contributed by atoms with Crippen molar-refractivity contribution in [1.82, 2.24) is 24.4 Å². The number of amides is 1. The molecule has 4 rings (SSSR count). The minimum Gasteiger partial charge on any atom is -0.334 e. The third kappa shape index (κ3) is 3.41. The van der Waals surface area contributed by atoms with Gasteiger partial charge in [0.15, 0.2) is 11.6 Å². The summed E-state index contributed by atoms with van der Waals surface area (Å²) < 4.78 is 27.5. The Morgan fingerprint density at radius 1 is 1.37 bits per heavy atom. The minimum atomic E-state index is -2.64. The number of nitrogens with zero attached hydrogens (tertiary/aromatic N) is 4. The van der Waals surface area contributed by atoms with E-state index in [2.05, 4.69) is 15.0 Å². The second kappa shape index (κ2) is 7.64. The van der Waals surface area contributed by atoms with Crippen LogP contribution in [0.3, 0.4) is 0 Å². The van der Waals surface area contributed by atoms with Crippen LogP contribution >= 0.6 is 11.6 Å². The summed E-state index contributed by atoms with van der Waals surface area (Å²) >= 11 is 6.10. The van der Waals surface area contributed by atoms with Crippen LogP contribution in [0.1, 0.15) is 49.3 Å². The molecule has 0 spiro atoms. The van der Waals surface area contributed by atoms with Crippen LogP contribution in [0.25, 0.3) is 11.0 Å². The highest BCUT2D eigenvalue weighted by molar-refractivity contribution is 6.35. The van der Waals surface area contributed by atoms with E-state index in [4.69, 9.17) is 11.6 Å². The second-order valence-corrected chi connectivity index (χ2v) is 6.43. The second-order valence-electron chi connectivity index (χ2n) is 6.02. The summed E-state index contributed by atoms with van der Waals surface area (Å²) in [7, 11) is 0. The summed E-state index contributed by atoms with van der Waals surface area (Å²) in [5.41, 5.74) is 1.78. The first-order valence-electron chi connectivity index (χ1n) is 8.73. The molecule has 6 nitrogen and oxygen atoms in total. The largest absolute Gasteiger partial charge is 0.334 e. The van der Waals surface area contributed by atoms with Crippen LogP contribution in [0.5, 0.6) is 0 Å². The van der Waals surface area contributed by atoms with Gasteiger partial charge in [0.1, 0.15) is 5.52 Å². The Morgan fingerprint density at radius 2 is 2.11 bits per heavy atom. The van der Waals surface area contributed by atoms with Crippen molar-refractivity contribution in [2.75, 3.05) is 0 Å². The molecular formula is C18H20ClF2N5O. The van der Waals surface area contributed by atoms with E-state index in [1.807, 2.05) is 20.8 Å². The summed E-state index contributed by atoms with van der Waals surface area (Å²) in [5.74, 6) is -0.382. The van der Waals surface area contributed by atoms with E-state index in [1.165, 1.54) is 10.8 Å². The van der Waals surface area contributed by atoms with Crippen molar-refractivity contribution in [3.8, 4) is 0 Å². The summed E-state index contributed by atoms with van der Waals surface area (Å²) in [4.78, 5) is 25.5. The van der Waals surface area contributed by atoms with Crippen molar-refractivity contribution < 1.29 is 13.6 Å². The zero-order valence-corrected chi connectivity index (χ0v) is 16.0. The standard InChI is InChI=1S/C16H14ClF2N5O.C2H6/c1-8-6-24-9(5-20-15(24)13(18)19)7-23(8)16(25)14-21-11-4-2-3-10(17)12(11)22-14;1-2/h2-5,8,13H,6-7H2,1H3,(H,21,22);1-2H3. The number of hydrogen-bond donors (Lipinski definition) is 1. The van der Waals surface area contributed by atoms with Crippen molar-refractivity contribution in [1.29, 1.82) is 0 Å². The predicted octanol–water partition coefficient (Wildman–Crippen LogP) is 4.42. The summed E-state index contributed by atoms with van der Waals surface area (Å²) in [5, 5.41) is 0.458. The van der Waals surface area contributed by atoms with Gasteiger partial charge in [0.25, 0.3) is 12.3 Å². The fourth-order valence-corrected chi connectivity index (χ4v) is 3.35. The maximum Gasteiger partial charge on any atom is 0.295 e. The molecule has 0 bridgehead atoms. The molecule has 1 N–H and O–H groups in total. The zero-order valence-electron chi connectivity index (χ0n) is 15.2. The lowest BCUT2D eigenvalue weighted by Gasteiger charge is -2.34. The molecule has 0 radical (unpaired) electrons. The first-order chi connectivity index (χ1) is 13.0. The third-order valence-corrected chi connectivity index (χ3v) is 4.71. The van der Waals surface area contributed by atoms with E-state index >= 15 is 0 Å². The Hall–Kier alpha value is -2.48. The summed E-state index contributed by atoms with van der Waals surface area (Å²) in [6.45, 7) is 6.28. The lowest BCUT2D eigenvalue weighted by Crippen LogP contribution is -2.45. The SMILES string of the molecule is CC.CC1Cn2c(cnc2C(F)F)CN1C(=O)c1nc2c(Cl)cccc2[nH]1.